The van der Waals surface area contributed by atoms with Crippen LogP contribution in [0.4, 0.5) is 10.5 Å². The standard InChI is InChI=1S/C29H24N2OS/c1-20-16-21(2)18-24(17-20)30-29(32)31-19-28(26-10-6-7-11-27(26)31)33-25-14-12-23(13-15-25)22-8-4-3-5-9-22/h3-19H,1-2H3,(H,30,32). The molecule has 5 rings (SSSR count). The van der Waals surface area contributed by atoms with E-state index in [9.17, 15) is 4.79 Å². The molecule has 0 aliphatic carbocycles. The summed E-state index contributed by atoms with van der Waals surface area (Å²) in [7, 11) is 0. The Morgan fingerprint density at radius 2 is 1.39 bits per heavy atom. The van der Waals surface area contributed by atoms with Gasteiger partial charge in [-0.2, -0.15) is 0 Å². The molecule has 0 radical (unpaired) electrons. The van der Waals surface area contributed by atoms with E-state index in [4.69, 9.17) is 0 Å². The molecule has 0 bridgehead atoms. The first-order valence-electron chi connectivity index (χ1n) is 10.9. The number of para-hydroxylation sites is 1. The number of carbonyl (C=O) groups excluding carboxylic acids is 1. The second-order valence-electron chi connectivity index (χ2n) is 8.18. The molecule has 3 nitrogen and oxygen atoms in total. The molecule has 162 valence electrons. The summed E-state index contributed by atoms with van der Waals surface area (Å²) in [5.74, 6) is 0. The van der Waals surface area contributed by atoms with Crippen LogP contribution in [0.15, 0.2) is 113 Å². The molecule has 1 amide bonds. The Kier molecular flexibility index (Phi) is 5.76. The average Bonchev–Trinajstić information content (AvgIpc) is 3.18. The lowest BCUT2D eigenvalue weighted by Crippen LogP contribution is -2.18. The Hall–Kier alpha value is -3.76. The van der Waals surface area contributed by atoms with Gasteiger partial charge in [0.05, 0.1) is 5.52 Å². The van der Waals surface area contributed by atoms with E-state index < -0.39 is 0 Å². The van der Waals surface area contributed by atoms with Gasteiger partial charge in [-0.05, 0) is 66.4 Å². The van der Waals surface area contributed by atoms with Gasteiger partial charge >= 0.3 is 6.03 Å². The van der Waals surface area contributed by atoms with Gasteiger partial charge in [-0.3, -0.25) is 4.57 Å². The highest BCUT2D eigenvalue weighted by Crippen LogP contribution is 2.36. The van der Waals surface area contributed by atoms with Gasteiger partial charge in [0.15, 0.2) is 0 Å². The lowest BCUT2D eigenvalue weighted by Gasteiger charge is -2.09. The topological polar surface area (TPSA) is 34.0 Å². The summed E-state index contributed by atoms with van der Waals surface area (Å²) < 4.78 is 1.70. The molecule has 33 heavy (non-hydrogen) atoms. The first-order valence-corrected chi connectivity index (χ1v) is 11.7. The van der Waals surface area contributed by atoms with Crippen LogP contribution < -0.4 is 5.32 Å². The third kappa shape index (κ3) is 4.57. The van der Waals surface area contributed by atoms with E-state index in [2.05, 4.69) is 66.0 Å². The molecule has 0 aliphatic heterocycles. The molecule has 1 N–H and O–H groups in total. The first kappa shape index (κ1) is 21.1. The first-order chi connectivity index (χ1) is 16.1. The summed E-state index contributed by atoms with van der Waals surface area (Å²) in [6, 6.07) is 32.8. The number of hydrogen-bond donors (Lipinski definition) is 1. The lowest BCUT2D eigenvalue weighted by molar-refractivity contribution is 0.254. The van der Waals surface area contributed by atoms with E-state index in [1.165, 1.54) is 11.1 Å². The Labute approximate surface area is 198 Å². The zero-order valence-electron chi connectivity index (χ0n) is 18.6. The lowest BCUT2D eigenvalue weighted by atomic mass is 10.1. The minimum absolute atomic E-state index is 0.164. The van der Waals surface area contributed by atoms with Gasteiger partial charge in [-0.1, -0.05) is 78.5 Å². The molecule has 5 aromatic rings. The number of anilines is 1. The van der Waals surface area contributed by atoms with Crippen molar-refractivity contribution in [3.05, 3.63) is 114 Å². The van der Waals surface area contributed by atoms with Crippen LogP contribution in [0.2, 0.25) is 0 Å². The van der Waals surface area contributed by atoms with Crippen molar-refractivity contribution in [2.45, 2.75) is 23.6 Å². The van der Waals surface area contributed by atoms with Gasteiger partial charge in [-0.25, -0.2) is 4.79 Å². The smallest absolute Gasteiger partial charge is 0.307 e. The number of carbonyl (C=O) groups is 1. The van der Waals surface area contributed by atoms with E-state index in [1.54, 1.807) is 16.3 Å². The molecule has 4 heteroatoms. The van der Waals surface area contributed by atoms with Crippen LogP contribution in [0.25, 0.3) is 22.0 Å². The number of hydrogen-bond acceptors (Lipinski definition) is 2. The van der Waals surface area contributed by atoms with Gasteiger partial charge in [0.25, 0.3) is 0 Å². The molecule has 4 aromatic carbocycles. The van der Waals surface area contributed by atoms with Crippen LogP contribution in [0.5, 0.6) is 0 Å². The fraction of sp³-hybridized carbons (Fsp3) is 0.0690. The van der Waals surface area contributed by atoms with Crippen molar-refractivity contribution in [1.29, 1.82) is 0 Å². The number of fused-ring (bicyclic) bond motifs is 1. The van der Waals surface area contributed by atoms with Crippen LogP contribution in [0, 0.1) is 13.8 Å². The van der Waals surface area contributed by atoms with Crippen LogP contribution in [0.1, 0.15) is 11.1 Å². The van der Waals surface area contributed by atoms with Crippen molar-refractivity contribution in [3.63, 3.8) is 0 Å². The zero-order chi connectivity index (χ0) is 22.8. The van der Waals surface area contributed by atoms with Crippen molar-refractivity contribution >= 4 is 34.4 Å². The van der Waals surface area contributed by atoms with Gasteiger partial charge in [0.1, 0.15) is 0 Å². The molecule has 0 saturated carbocycles. The highest BCUT2D eigenvalue weighted by atomic mass is 32.2. The average molecular weight is 449 g/mol. The number of aromatic nitrogens is 1. The number of benzene rings is 4. The Bertz CT molecular complexity index is 1420. The van der Waals surface area contributed by atoms with E-state index in [1.807, 2.05) is 56.4 Å². The summed E-state index contributed by atoms with van der Waals surface area (Å²) in [6.07, 6.45) is 1.93. The van der Waals surface area contributed by atoms with Gasteiger partial charge in [0.2, 0.25) is 0 Å². The molecule has 0 aliphatic rings. The van der Waals surface area contributed by atoms with Gasteiger partial charge < -0.3 is 5.32 Å². The summed E-state index contributed by atoms with van der Waals surface area (Å²) in [4.78, 5) is 15.3. The van der Waals surface area contributed by atoms with E-state index in [0.717, 1.165) is 37.5 Å². The number of rotatable bonds is 4. The molecule has 0 saturated heterocycles. The molecule has 0 unspecified atom stereocenters. The van der Waals surface area contributed by atoms with Crippen LogP contribution >= 0.6 is 11.8 Å². The van der Waals surface area contributed by atoms with Crippen molar-refractivity contribution < 1.29 is 4.79 Å². The van der Waals surface area contributed by atoms with Crippen molar-refractivity contribution in [2.75, 3.05) is 5.32 Å². The molecule has 0 fully saturated rings. The van der Waals surface area contributed by atoms with E-state index in [-0.39, 0.29) is 6.03 Å². The maximum Gasteiger partial charge on any atom is 0.330 e. The SMILES string of the molecule is Cc1cc(C)cc(NC(=O)n2cc(Sc3ccc(-c4ccccc4)cc3)c3ccccc32)c1. The monoisotopic (exact) mass is 448 g/mol. The van der Waals surface area contributed by atoms with Crippen LogP contribution in [-0.4, -0.2) is 10.6 Å². The van der Waals surface area contributed by atoms with Crippen LogP contribution in [0.3, 0.4) is 0 Å². The minimum Gasteiger partial charge on any atom is -0.307 e. The van der Waals surface area contributed by atoms with Crippen molar-refractivity contribution in [3.8, 4) is 11.1 Å². The Morgan fingerprint density at radius 3 is 2.12 bits per heavy atom. The largest absolute Gasteiger partial charge is 0.330 e. The predicted molar refractivity (Wildman–Crippen MR) is 138 cm³/mol. The summed E-state index contributed by atoms with van der Waals surface area (Å²) >= 11 is 1.67. The molecular weight excluding hydrogens is 424 g/mol. The van der Waals surface area contributed by atoms with Crippen LogP contribution in [-0.2, 0) is 0 Å². The highest BCUT2D eigenvalue weighted by Gasteiger charge is 2.15. The second kappa shape index (κ2) is 9.00. The van der Waals surface area contributed by atoms with Gasteiger partial charge in [0, 0.05) is 27.1 Å². The van der Waals surface area contributed by atoms with E-state index >= 15 is 0 Å². The number of amides is 1. The number of nitrogens with zero attached hydrogens (tertiary/aromatic N) is 1. The van der Waals surface area contributed by atoms with Crippen molar-refractivity contribution in [2.24, 2.45) is 0 Å². The van der Waals surface area contributed by atoms with Crippen molar-refractivity contribution in [1.82, 2.24) is 4.57 Å². The predicted octanol–water partition coefficient (Wildman–Crippen LogP) is 8.16. The normalized spacial score (nSPS) is 11.0. The Morgan fingerprint density at radius 1 is 0.758 bits per heavy atom. The summed E-state index contributed by atoms with van der Waals surface area (Å²) in [6.45, 7) is 4.07. The number of nitrogens with one attached hydrogen (secondary N) is 1. The molecule has 1 aromatic heterocycles. The molecule has 1 heterocycles. The number of aryl methyl sites for hydroxylation is 2. The maximum absolute atomic E-state index is 13.2. The zero-order valence-corrected chi connectivity index (χ0v) is 19.4. The summed E-state index contributed by atoms with van der Waals surface area (Å²) in [5.41, 5.74) is 6.34. The molecule has 0 atom stereocenters. The van der Waals surface area contributed by atoms with E-state index in [0.29, 0.717) is 0 Å². The quantitative estimate of drug-likeness (QED) is 0.301. The Balaban J connectivity index is 1.43. The fourth-order valence-electron chi connectivity index (χ4n) is 4.10. The molecule has 0 spiro atoms. The molecular formula is C29H24N2OS. The summed E-state index contributed by atoms with van der Waals surface area (Å²) in [5, 5.41) is 4.11. The second-order valence-corrected chi connectivity index (χ2v) is 9.29. The maximum atomic E-state index is 13.2. The highest BCUT2D eigenvalue weighted by molar-refractivity contribution is 7.99. The fourth-order valence-corrected chi connectivity index (χ4v) is 5.07. The minimum atomic E-state index is -0.164. The third-order valence-electron chi connectivity index (χ3n) is 5.56. The third-order valence-corrected chi connectivity index (χ3v) is 6.61. The van der Waals surface area contributed by atoms with Gasteiger partial charge in [-0.15, -0.1) is 0 Å².